The van der Waals surface area contributed by atoms with Crippen molar-refractivity contribution in [2.24, 2.45) is 23.2 Å². The van der Waals surface area contributed by atoms with Gasteiger partial charge in [0.1, 0.15) is 18.1 Å². The number of Topliss-reactive ketones (excluding diaryl/α,β-unsaturated/α-hetero) is 1. The number of amides is 3. The molecular weight excluding hydrogens is 558 g/mol. The van der Waals surface area contributed by atoms with Gasteiger partial charge >= 0.3 is 5.97 Å². The van der Waals surface area contributed by atoms with Crippen LogP contribution in [0, 0.1) is 23.2 Å². The van der Waals surface area contributed by atoms with Gasteiger partial charge in [0.05, 0.1) is 12.2 Å². The molecule has 4 fully saturated rings. The Kier molecular flexibility index (Phi) is 8.07. The summed E-state index contributed by atoms with van der Waals surface area (Å²) in [6.45, 7) is 2.86. The quantitative estimate of drug-likeness (QED) is 0.480. The average molecular weight is 600 g/mol. The van der Waals surface area contributed by atoms with Crippen LogP contribution in [0.2, 0.25) is 0 Å². The van der Waals surface area contributed by atoms with E-state index >= 15 is 4.79 Å². The Morgan fingerprint density at radius 3 is 2.11 bits per heavy atom. The van der Waals surface area contributed by atoms with E-state index in [0.717, 1.165) is 24.8 Å². The molecule has 4 saturated carbocycles. The molecule has 1 aliphatic heterocycles. The van der Waals surface area contributed by atoms with E-state index in [2.05, 4.69) is 5.32 Å². The third-order valence-electron chi connectivity index (χ3n) is 10.5. The third-order valence-corrected chi connectivity index (χ3v) is 10.5. The highest BCUT2D eigenvalue weighted by Gasteiger charge is 2.54. The van der Waals surface area contributed by atoms with Gasteiger partial charge in [-0.1, -0.05) is 42.5 Å². The first-order valence-electron chi connectivity index (χ1n) is 15.8. The van der Waals surface area contributed by atoms with Crippen molar-refractivity contribution in [2.45, 2.75) is 89.9 Å². The summed E-state index contributed by atoms with van der Waals surface area (Å²) in [5.74, 6) is -1.37. The van der Waals surface area contributed by atoms with Crippen LogP contribution >= 0.6 is 0 Å². The minimum absolute atomic E-state index is 0.131. The number of rotatable bonds is 7. The number of carboxylic acid groups (broad SMARTS) is 1. The number of carbonyl (C=O) groups excluding carboxylic acids is 4. The summed E-state index contributed by atoms with van der Waals surface area (Å²) in [6, 6.07) is 12.9. The Morgan fingerprint density at radius 2 is 1.52 bits per heavy atom. The first-order valence-corrected chi connectivity index (χ1v) is 15.8. The SMILES string of the molecule is CC(=O)N1[C@H](CC23CC4CC(CC(C4)C2)C3)C(=O)N(Cc2ccccc2)c2ccccc2C(=O)C[C@H]1C(=O)N[C@@H](C)C(=O)O. The van der Waals surface area contributed by atoms with Crippen LogP contribution in [0.1, 0.15) is 81.1 Å². The molecule has 9 nitrogen and oxygen atoms in total. The van der Waals surface area contributed by atoms with Gasteiger partial charge in [-0.25, -0.2) is 0 Å². The Bertz CT molecular complexity index is 1440. The smallest absolute Gasteiger partial charge is 0.325 e. The molecule has 2 N–H and O–H groups in total. The monoisotopic (exact) mass is 599 g/mol. The van der Waals surface area contributed by atoms with Crippen LogP contribution in [0.25, 0.3) is 0 Å². The lowest BCUT2D eigenvalue weighted by Crippen LogP contribution is -2.61. The third kappa shape index (κ3) is 5.76. The summed E-state index contributed by atoms with van der Waals surface area (Å²) in [7, 11) is 0. The predicted molar refractivity (Wildman–Crippen MR) is 164 cm³/mol. The lowest BCUT2D eigenvalue weighted by molar-refractivity contribution is -0.150. The van der Waals surface area contributed by atoms with Crippen LogP contribution in [0.15, 0.2) is 54.6 Å². The lowest BCUT2D eigenvalue weighted by Gasteiger charge is -2.58. The predicted octanol–water partition coefficient (Wildman–Crippen LogP) is 4.59. The van der Waals surface area contributed by atoms with Gasteiger partial charge in [-0.05, 0) is 92.7 Å². The molecule has 7 rings (SSSR count). The van der Waals surface area contributed by atoms with E-state index in [4.69, 9.17) is 0 Å². The molecule has 2 aromatic rings. The van der Waals surface area contributed by atoms with Crippen LogP contribution in [-0.2, 0) is 25.7 Å². The minimum atomic E-state index is -1.34. The number of para-hydroxylation sites is 1. The van der Waals surface area contributed by atoms with Gasteiger partial charge in [-0.3, -0.25) is 24.0 Å². The van der Waals surface area contributed by atoms with Gasteiger partial charge in [-0.2, -0.15) is 0 Å². The molecule has 4 aliphatic carbocycles. The van der Waals surface area contributed by atoms with Crippen molar-refractivity contribution >= 4 is 35.2 Å². The Balaban J connectivity index is 1.48. The number of nitrogens with one attached hydrogen (secondary N) is 1. The molecular formula is C35H41N3O6. The lowest BCUT2D eigenvalue weighted by atomic mass is 9.48. The molecule has 0 saturated heterocycles. The summed E-state index contributed by atoms with van der Waals surface area (Å²) in [6.07, 6.45) is 6.69. The Hall–Kier alpha value is -4.01. The summed E-state index contributed by atoms with van der Waals surface area (Å²) >= 11 is 0. The van der Waals surface area contributed by atoms with Gasteiger partial charge in [0, 0.05) is 18.9 Å². The Morgan fingerprint density at radius 1 is 0.932 bits per heavy atom. The van der Waals surface area contributed by atoms with Gasteiger partial charge in [-0.15, -0.1) is 0 Å². The van der Waals surface area contributed by atoms with Crippen molar-refractivity contribution in [1.29, 1.82) is 0 Å². The van der Waals surface area contributed by atoms with Crippen LogP contribution in [0.3, 0.4) is 0 Å². The molecule has 0 unspecified atom stereocenters. The number of carboxylic acids is 1. The molecule has 3 amide bonds. The second-order valence-corrected chi connectivity index (χ2v) is 13.7. The number of anilines is 1. The first-order chi connectivity index (χ1) is 21.0. The van der Waals surface area contributed by atoms with Crippen LogP contribution in [0.5, 0.6) is 0 Å². The first kappa shape index (κ1) is 30.0. The van der Waals surface area contributed by atoms with E-state index in [1.807, 2.05) is 30.3 Å². The molecule has 5 aliphatic rings. The van der Waals surface area contributed by atoms with Crippen LogP contribution in [-0.4, -0.2) is 57.6 Å². The molecule has 1 heterocycles. The highest BCUT2D eigenvalue weighted by molar-refractivity contribution is 6.10. The number of hydrogen-bond acceptors (Lipinski definition) is 5. The molecule has 2 aromatic carbocycles. The van der Waals surface area contributed by atoms with Gasteiger partial charge in [0.15, 0.2) is 5.78 Å². The summed E-state index contributed by atoms with van der Waals surface area (Å²) in [5.41, 5.74) is 1.48. The van der Waals surface area contributed by atoms with E-state index in [1.165, 1.54) is 38.0 Å². The second-order valence-electron chi connectivity index (χ2n) is 13.7. The van der Waals surface area contributed by atoms with E-state index in [-0.39, 0.29) is 24.3 Å². The summed E-state index contributed by atoms with van der Waals surface area (Å²) in [5, 5.41) is 12.0. The number of benzene rings is 2. The zero-order valence-corrected chi connectivity index (χ0v) is 25.4. The highest BCUT2D eigenvalue weighted by Crippen LogP contribution is 2.62. The van der Waals surface area contributed by atoms with Gasteiger partial charge in [0.2, 0.25) is 17.7 Å². The largest absolute Gasteiger partial charge is 0.480 e. The standard InChI is InChI=1S/C35H41N3O6/c1-21(34(43)44)36-32(41)29-15-31(40)27-10-6-7-11-28(27)37(20-23-8-4-3-5-9-23)33(42)30(38(29)22(2)39)19-35-16-24-12-25(17-35)14-26(13-24)18-35/h3-11,21,24-26,29-30H,12-20H2,1-2H3,(H,36,41)(H,43,44)/t21-,24?,25?,26?,29-,30+,35?/m0/s1. The second kappa shape index (κ2) is 11.8. The average Bonchev–Trinajstić information content (AvgIpc) is 3.00. The van der Waals surface area contributed by atoms with Crippen molar-refractivity contribution in [3.8, 4) is 0 Å². The number of ketones is 1. The molecule has 0 radical (unpaired) electrons. The molecule has 0 aromatic heterocycles. The molecule has 3 atom stereocenters. The molecule has 4 bridgehead atoms. The van der Waals surface area contributed by atoms with Crippen molar-refractivity contribution < 1.29 is 29.1 Å². The maximum atomic E-state index is 15.1. The number of fused-ring (bicyclic) bond motifs is 1. The molecule has 9 heteroatoms. The van der Waals surface area contributed by atoms with E-state index in [9.17, 15) is 24.3 Å². The van der Waals surface area contributed by atoms with Crippen molar-refractivity contribution in [1.82, 2.24) is 10.2 Å². The Labute approximate surface area is 258 Å². The number of aliphatic carboxylic acids is 1. The summed E-state index contributed by atoms with van der Waals surface area (Å²) < 4.78 is 0. The van der Waals surface area contributed by atoms with E-state index < -0.39 is 41.7 Å². The van der Waals surface area contributed by atoms with E-state index in [0.29, 0.717) is 35.4 Å². The van der Waals surface area contributed by atoms with Crippen molar-refractivity contribution in [2.75, 3.05) is 4.90 Å². The normalized spacial score (nSPS) is 30.2. The van der Waals surface area contributed by atoms with Gasteiger partial charge in [0.25, 0.3) is 0 Å². The fourth-order valence-corrected chi connectivity index (χ4v) is 9.06. The minimum Gasteiger partial charge on any atom is -0.480 e. The number of hydrogen-bond donors (Lipinski definition) is 2. The topological polar surface area (TPSA) is 124 Å². The fraction of sp³-hybridized carbons (Fsp3) is 0.514. The molecule has 44 heavy (non-hydrogen) atoms. The maximum absolute atomic E-state index is 15.1. The fourth-order valence-electron chi connectivity index (χ4n) is 9.06. The zero-order valence-electron chi connectivity index (χ0n) is 25.4. The van der Waals surface area contributed by atoms with Crippen LogP contribution in [0.4, 0.5) is 5.69 Å². The van der Waals surface area contributed by atoms with Crippen molar-refractivity contribution in [3.05, 3.63) is 65.7 Å². The highest BCUT2D eigenvalue weighted by atomic mass is 16.4. The van der Waals surface area contributed by atoms with E-state index in [1.54, 1.807) is 29.2 Å². The summed E-state index contributed by atoms with van der Waals surface area (Å²) in [4.78, 5) is 71.1. The zero-order chi connectivity index (χ0) is 31.2. The van der Waals surface area contributed by atoms with Crippen LogP contribution < -0.4 is 10.2 Å². The number of nitrogens with zero attached hydrogens (tertiary/aromatic N) is 2. The van der Waals surface area contributed by atoms with Gasteiger partial charge < -0.3 is 20.2 Å². The molecule has 0 spiro atoms. The number of carbonyl (C=O) groups is 5. The maximum Gasteiger partial charge on any atom is 0.325 e. The molecule has 232 valence electrons. The van der Waals surface area contributed by atoms with Crippen molar-refractivity contribution in [3.63, 3.8) is 0 Å².